The van der Waals surface area contributed by atoms with Gasteiger partial charge in [0.2, 0.25) is 0 Å². The first-order chi connectivity index (χ1) is 8.92. The van der Waals surface area contributed by atoms with E-state index in [2.05, 4.69) is 26.3 Å². The smallest absolute Gasteiger partial charge is 0.0991 e. The van der Waals surface area contributed by atoms with Crippen LogP contribution in [-0.4, -0.2) is 19.5 Å². The highest BCUT2D eigenvalue weighted by molar-refractivity contribution is 5.51. The highest BCUT2D eigenvalue weighted by Crippen LogP contribution is 2.14. The predicted molar refractivity (Wildman–Crippen MR) is 69.5 cm³/mol. The second kappa shape index (κ2) is 4.75. The maximum atomic E-state index is 4.04. The summed E-state index contributed by atoms with van der Waals surface area (Å²) in [4.78, 5) is 11.1. The van der Waals surface area contributed by atoms with Gasteiger partial charge in [0.15, 0.2) is 0 Å². The molecule has 0 spiro atoms. The third kappa shape index (κ3) is 2.24. The lowest BCUT2D eigenvalue weighted by molar-refractivity contribution is 1.05. The molecule has 0 atom stereocenters. The highest BCUT2D eigenvalue weighted by Gasteiger charge is 1.98. The Hall–Kier alpha value is -2.56. The van der Waals surface area contributed by atoms with E-state index in [-0.39, 0.29) is 0 Å². The van der Waals surface area contributed by atoms with Gasteiger partial charge in [-0.25, -0.2) is 9.97 Å². The van der Waals surface area contributed by atoms with E-state index < -0.39 is 0 Å². The van der Waals surface area contributed by atoms with E-state index in [1.54, 1.807) is 18.9 Å². The van der Waals surface area contributed by atoms with E-state index in [0.29, 0.717) is 0 Å². The van der Waals surface area contributed by atoms with Crippen molar-refractivity contribution in [2.45, 2.75) is 6.54 Å². The number of aromatic nitrogens is 4. The average Bonchev–Trinajstić information content (AvgIpc) is 3.10. The molecule has 0 aliphatic carbocycles. The summed E-state index contributed by atoms with van der Waals surface area (Å²) >= 11 is 0. The van der Waals surface area contributed by atoms with Crippen LogP contribution < -0.4 is 5.32 Å². The van der Waals surface area contributed by atoms with Gasteiger partial charge >= 0.3 is 0 Å². The molecule has 2 heterocycles. The van der Waals surface area contributed by atoms with E-state index >= 15 is 0 Å². The van der Waals surface area contributed by atoms with Gasteiger partial charge < -0.3 is 14.9 Å². The van der Waals surface area contributed by atoms with Gasteiger partial charge in [0, 0.05) is 30.0 Å². The molecule has 0 fully saturated rings. The Kier molecular flexibility index (Phi) is 2.79. The van der Waals surface area contributed by atoms with E-state index in [9.17, 15) is 0 Å². The second-order valence-electron chi connectivity index (χ2n) is 3.95. The van der Waals surface area contributed by atoms with Crippen LogP contribution in [0.25, 0.3) is 5.69 Å². The van der Waals surface area contributed by atoms with Crippen molar-refractivity contribution in [1.29, 1.82) is 0 Å². The van der Waals surface area contributed by atoms with Gasteiger partial charge in [0.1, 0.15) is 0 Å². The monoisotopic (exact) mass is 239 g/mol. The van der Waals surface area contributed by atoms with Crippen LogP contribution in [0.4, 0.5) is 5.69 Å². The molecule has 0 aliphatic rings. The minimum absolute atomic E-state index is 0.730. The number of benzene rings is 1. The van der Waals surface area contributed by atoms with Crippen LogP contribution in [-0.2, 0) is 6.54 Å². The zero-order chi connectivity index (χ0) is 12.2. The number of H-pyrrole nitrogens is 1. The van der Waals surface area contributed by atoms with Gasteiger partial charge in [-0.2, -0.15) is 0 Å². The summed E-state index contributed by atoms with van der Waals surface area (Å²) in [7, 11) is 0. The molecule has 0 saturated heterocycles. The summed E-state index contributed by atoms with van der Waals surface area (Å²) in [6.45, 7) is 0.730. The van der Waals surface area contributed by atoms with Crippen molar-refractivity contribution in [2.24, 2.45) is 0 Å². The summed E-state index contributed by atoms with van der Waals surface area (Å²) < 4.78 is 1.97. The molecule has 0 unspecified atom stereocenters. The summed E-state index contributed by atoms with van der Waals surface area (Å²) in [5.74, 6) is 0. The number of nitrogens with zero attached hydrogens (tertiary/aromatic N) is 3. The van der Waals surface area contributed by atoms with Crippen LogP contribution in [0.15, 0.2) is 55.5 Å². The minimum atomic E-state index is 0.730. The largest absolute Gasteiger partial charge is 0.379 e. The third-order valence-corrected chi connectivity index (χ3v) is 2.69. The zero-order valence-corrected chi connectivity index (χ0v) is 9.74. The van der Waals surface area contributed by atoms with Gasteiger partial charge in [-0.15, -0.1) is 0 Å². The zero-order valence-electron chi connectivity index (χ0n) is 9.74. The van der Waals surface area contributed by atoms with Crippen LogP contribution in [0.2, 0.25) is 0 Å². The molecule has 0 bridgehead atoms. The summed E-state index contributed by atoms with van der Waals surface area (Å²) in [6, 6.07) is 8.18. The van der Waals surface area contributed by atoms with Crippen molar-refractivity contribution < 1.29 is 0 Å². The summed E-state index contributed by atoms with van der Waals surface area (Å²) in [5.41, 5.74) is 3.21. The second-order valence-corrected chi connectivity index (χ2v) is 3.95. The molecular weight excluding hydrogens is 226 g/mol. The Balaban J connectivity index is 1.75. The molecule has 0 aliphatic heterocycles. The summed E-state index contributed by atoms with van der Waals surface area (Å²) in [5, 5.41) is 3.34. The van der Waals surface area contributed by atoms with Crippen LogP contribution in [0.5, 0.6) is 0 Å². The first-order valence-electron chi connectivity index (χ1n) is 5.71. The van der Waals surface area contributed by atoms with Gasteiger partial charge in [0.05, 0.1) is 24.9 Å². The van der Waals surface area contributed by atoms with Gasteiger partial charge in [-0.05, 0) is 18.2 Å². The van der Waals surface area contributed by atoms with E-state index in [1.165, 1.54) is 0 Å². The molecule has 0 saturated carbocycles. The first kappa shape index (κ1) is 10.6. The van der Waals surface area contributed by atoms with Gasteiger partial charge in [-0.3, -0.25) is 0 Å². The van der Waals surface area contributed by atoms with E-state index in [0.717, 1.165) is 23.6 Å². The molecule has 18 heavy (non-hydrogen) atoms. The quantitative estimate of drug-likeness (QED) is 0.733. The molecule has 3 rings (SSSR count). The Bertz CT molecular complexity index is 598. The SMILES string of the molecule is c1cc(NCc2cnc[nH]2)cc(-n2ccnc2)c1. The first-order valence-corrected chi connectivity index (χ1v) is 5.71. The fourth-order valence-electron chi connectivity index (χ4n) is 1.77. The normalized spacial score (nSPS) is 10.4. The molecule has 0 radical (unpaired) electrons. The molecule has 3 aromatic rings. The van der Waals surface area contributed by atoms with Crippen molar-refractivity contribution in [3.63, 3.8) is 0 Å². The molecule has 90 valence electrons. The number of hydrogen-bond acceptors (Lipinski definition) is 3. The molecule has 2 aromatic heterocycles. The fraction of sp³-hybridized carbons (Fsp3) is 0.0769. The number of rotatable bonds is 4. The number of imidazole rings is 2. The van der Waals surface area contributed by atoms with Crippen LogP contribution in [0.3, 0.4) is 0 Å². The summed E-state index contributed by atoms with van der Waals surface area (Å²) in [6.07, 6.45) is 8.97. The number of aromatic amines is 1. The topological polar surface area (TPSA) is 58.5 Å². The van der Waals surface area contributed by atoms with Gasteiger partial charge in [-0.1, -0.05) is 6.07 Å². The maximum Gasteiger partial charge on any atom is 0.0991 e. The van der Waals surface area contributed by atoms with E-state index in [1.807, 2.05) is 35.2 Å². The standard InChI is InChI=1S/C13H13N5/c1-2-11(16-8-12-7-15-9-17-12)6-13(3-1)18-5-4-14-10-18/h1-7,9-10,16H,8H2,(H,15,17). The highest BCUT2D eigenvalue weighted by atomic mass is 15.0. The molecule has 0 amide bonds. The molecule has 2 N–H and O–H groups in total. The molecule has 1 aromatic carbocycles. The average molecular weight is 239 g/mol. The van der Waals surface area contributed by atoms with Crippen molar-refractivity contribution in [3.8, 4) is 5.69 Å². The lowest BCUT2D eigenvalue weighted by Gasteiger charge is -2.07. The Morgan fingerprint density at radius 1 is 1.28 bits per heavy atom. The van der Waals surface area contributed by atoms with Crippen LogP contribution in [0.1, 0.15) is 5.69 Å². The molecular formula is C13H13N5. The van der Waals surface area contributed by atoms with Crippen LogP contribution >= 0.6 is 0 Å². The van der Waals surface area contributed by atoms with E-state index in [4.69, 9.17) is 0 Å². The fourth-order valence-corrected chi connectivity index (χ4v) is 1.77. The Morgan fingerprint density at radius 3 is 3.06 bits per heavy atom. The predicted octanol–water partition coefficient (Wildman–Crippen LogP) is 2.21. The Labute approximate surface area is 105 Å². The van der Waals surface area contributed by atoms with Crippen LogP contribution in [0, 0.1) is 0 Å². The third-order valence-electron chi connectivity index (χ3n) is 2.69. The minimum Gasteiger partial charge on any atom is -0.379 e. The molecule has 5 nitrogen and oxygen atoms in total. The Morgan fingerprint density at radius 2 is 2.28 bits per heavy atom. The van der Waals surface area contributed by atoms with Crippen molar-refractivity contribution >= 4 is 5.69 Å². The van der Waals surface area contributed by atoms with Crippen molar-refractivity contribution in [2.75, 3.05) is 5.32 Å². The van der Waals surface area contributed by atoms with Crippen molar-refractivity contribution in [3.05, 3.63) is 61.2 Å². The van der Waals surface area contributed by atoms with Gasteiger partial charge in [0.25, 0.3) is 0 Å². The molecule has 5 heteroatoms. The number of nitrogens with one attached hydrogen (secondary N) is 2. The lowest BCUT2D eigenvalue weighted by atomic mass is 10.2. The lowest BCUT2D eigenvalue weighted by Crippen LogP contribution is -2.00. The maximum absolute atomic E-state index is 4.04. The van der Waals surface area contributed by atoms with Crippen molar-refractivity contribution in [1.82, 2.24) is 19.5 Å². The number of hydrogen-bond donors (Lipinski definition) is 2. The number of anilines is 1.